The minimum Gasteiger partial charge on any atom is -0.462 e. The molecule has 4 nitrogen and oxygen atoms in total. The van der Waals surface area contributed by atoms with Crippen LogP contribution in [0.5, 0.6) is 0 Å². The highest BCUT2D eigenvalue weighted by atomic mass is 35.5. The van der Waals surface area contributed by atoms with E-state index >= 15 is 0 Å². The van der Waals surface area contributed by atoms with Crippen molar-refractivity contribution in [2.75, 3.05) is 6.61 Å². The summed E-state index contributed by atoms with van der Waals surface area (Å²) in [6, 6.07) is 0. The van der Waals surface area contributed by atoms with Crippen molar-refractivity contribution in [3.63, 3.8) is 0 Å². The van der Waals surface area contributed by atoms with Crippen LogP contribution >= 0.6 is 11.6 Å². The zero-order valence-electron chi connectivity index (χ0n) is 8.17. The number of hydrogen-bond acceptors (Lipinski definition) is 4. The van der Waals surface area contributed by atoms with Crippen LogP contribution in [0, 0.1) is 0 Å². The second-order valence-electron chi connectivity index (χ2n) is 2.75. The fraction of sp³-hybridized carbons (Fsp3) is 0.556. The smallest absolute Gasteiger partial charge is 0.345 e. The predicted octanol–water partition coefficient (Wildman–Crippen LogP) is 2.46. The van der Waals surface area contributed by atoms with Gasteiger partial charge in [0.1, 0.15) is 5.56 Å². The van der Waals surface area contributed by atoms with Crippen LogP contribution < -0.4 is 0 Å². The van der Waals surface area contributed by atoms with Gasteiger partial charge in [0.25, 0.3) is 0 Å². The summed E-state index contributed by atoms with van der Waals surface area (Å²) in [6.07, 6.45) is 1.53. The minimum absolute atomic E-state index is 0.00639. The van der Waals surface area contributed by atoms with Gasteiger partial charge in [-0.1, -0.05) is 18.5 Å². The largest absolute Gasteiger partial charge is 0.462 e. The van der Waals surface area contributed by atoms with Gasteiger partial charge in [-0.3, -0.25) is 0 Å². The van der Waals surface area contributed by atoms with Gasteiger partial charge < -0.3 is 9.26 Å². The van der Waals surface area contributed by atoms with Gasteiger partial charge in [-0.05, 0) is 24.9 Å². The lowest BCUT2D eigenvalue weighted by Crippen LogP contribution is -2.07. The third kappa shape index (κ3) is 2.26. The molecule has 1 rings (SSSR count). The third-order valence-corrected chi connectivity index (χ3v) is 1.95. The summed E-state index contributed by atoms with van der Waals surface area (Å²) >= 11 is 5.68. The highest BCUT2D eigenvalue weighted by molar-refractivity contribution is 6.31. The van der Waals surface area contributed by atoms with Crippen molar-refractivity contribution in [3.8, 4) is 0 Å². The van der Waals surface area contributed by atoms with Crippen LogP contribution in [0.1, 0.15) is 36.3 Å². The van der Waals surface area contributed by atoms with E-state index in [2.05, 4.69) is 5.16 Å². The molecule has 0 aromatic carbocycles. The number of esters is 1. The Hall–Kier alpha value is -1.03. The van der Waals surface area contributed by atoms with E-state index in [4.69, 9.17) is 20.9 Å². The third-order valence-electron chi connectivity index (χ3n) is 1.69. The summed E-state index contributed by atoms with van der Waals surface area (Å²) in [7, 11) is 0. The van der Waals surface area contributed by atoms with Gasteiger partial charge >= 0.3 is 5.97 Å². The van der Waals surface area contributed by atoms with Crippen molar-refractivity contribution in [1.82, 2.24) is 5.16 Å². The van der Waals surface area contributed by atoms with E-state index in [0.717, 1.165) is 6.42 Å². The van der Waals surface area contributed by atoms with Gasteiger partial charge in [0, 0.05) is 0 Å². The highest BCUT2D eigenvalue weighted by Crippen LogP contribution is 2.21. The first kappa shape index (κ1) is 11.0. The molecule has 0 aliphatic carbocycles. The van der Waals surface area contributed by atoms with Crippen molar-refractivity contribution >= 4 is 17.6 Å². The molecule has 1 heterocycles. The topological polar surface area (TPSA) is 52.3 Å². The van der Waals surface area contributed by atoms with E-state index in [0.29, 0.717) is 18.7 Å². The maximum atomic E-state index is 11.4. The number of nitrogens with zero attached hydrogens (tertiary/aromatic N) is 1. The zero-order valence-corrected chi connectivity index (χ0v) is 8.93. The molecule has 0 atom stereocenters. The molecule has 1 aromatic heterocycles. The minimum atomic E-state index is -0.470. The number of carbonyl (C=O) groups is 1. The maximum absolute atomic E-state index is 11.4. The normalized spacial score (nSPS) is 10.2. The Morgan fingerprint density at radius 3 is 2.86 bits per heavy atom. The zero-order chi connectivity index (χ0) is 10.6. The van der Waals surface area contributed by atoms with Crippen LogP contribution in [-0.4, -0.2) is 17.7 Å². The number of rotatable bonds is 4. The Kier molecular flexibility index (Phi) is 3.95. The van der Waals surface area contributed by atoms with Crippen LogP contribution in [0.2, 0.25) is 5.22 Å². The Balaban J connectivity index is 2.92. The first-order valence-electron chi connectivity index (χ1n) is 4.51. The average molecular weight is 218 g/mol. The summed E-state index contributed by atoms with van der Waals surface area (Å²) in [4.78, 5) is 11.4. The quantitative estimate of drug-likeness (QED) is 0.727. The van der Waals surface area contributed by atoms with Gasteiger partial charge in [0.2, 0.25) is 5.22 Å². The Morgan fingerprint density at radius 2 is 2.29 bits per heavy atom. The molecule has 0 saturated carbocycles. The highest BCUT2D eigenvalue weighted by Gasteiger charge is 2.21. The Morgan fingerprint density at radius 1 is 1.57 bits per heavy atom. The number of halogens is 1. The number of carbonyl (C=O) groups excluding carboxylic acids is 1. The van der Waals surface area contributed by atoms with Gasteiger partial charge in [0.05, 0.1) is 12.3 Å². The van der Waals surface area contributed by atoms with E-state index in [1.165, 1.54) is 0 Å². The molecule has 0 amide bonds. The first-order chi connectivity index (χ1) is 6.70. The molecule has 0 unspecified atom stereocenters. The van der Waals surface area contributed by atoms with Crippen LogP contribution in [0.3, 0.4) is 0 Å². The van der Waals surface area contributed by atoms with Crippen molar-refractivity contribution < 1.29 is 14.1 Å². The molecule has 0 bridgehead atoms. The molecule has 5 heteroatoms. The molecule has 0 aliphatic rings. The van der Waals surface area contributed by atoms with Gasteiger partial charge in [-0.25, -0.2) is 4.79 Å². The monoisotopic (exact) mass is 217 g/mol. The predicted molar refractivity (Wildman–Crippen MR) is 51.5 cm³/mol. The standard InChI is InChI=1S/C9H12ClNO3/c1-3-5-6-7(8(10)14-11-6)9(12)13-4-2/h3-5H2,1-2H3. The van der Waals surface area contributed by atoms with Crippen molar-refractivity contribution in [1.29, 1.82) is 0 Å². The molecule has 0 saturated heterocycles. The maximum Gasteiger partial charge on any atom is 0.345 e. The lowest BCUT2D eigenvalue weighted by Gasteiger charge is -2.00. The van der Waals surface area contributed by atoms with E-state index < -0.39 is 5.97 Å². The molecule has 0 radical (unpaired) electrons. The molecule has 14 heavy (non-hydrogen) atoms. The summed E-state index contributed by atoms with van der Waals surface area (Å²) in [5.41, 5.74) is 0.825. The summed E-state index contributed by atoms with van der Waals surface area (Å²) in [6.45, 7) is 4.03. The van der Waals surface area contributed by atoms with Crippen LogP contribution in [-0.2, 0) is 11.2 Å². The number of hydrogen-bond donors (Lipinski definition) is 0. The van der Waals surface area contributed by atoms with Crippen molar-refractivity contribution in [2.24, 2.45) is 0 Å². The summed E-state index contributed by atoms with van der Waals surface area (Å²) < 4.78 is 9.56. The van der Waals surface area contributed by atoms with Crippen LogP contribution in [0.15, 0.2) is 4.52 Å². The van der Waals surface area contributed by atoms with E-state index in [-0.39, 0.29) is 10.8 Å². The lowest BCUT2D eigenvalue weighted by atomic mass is 10.2. The molecule has 0 N–H and O–H groups in total. The molecular formula is C9H12ClNO3. The molecule has 0 fully saturated rings. The fourth-order valence-corrected chi connectivity index (χ4v) is 1.33. The molecule has 0 aliphatic heterocycles. The molecule has 1 aromatic rings. The number of aromatic nitrogens is 1. The first-order valence-corrected chi connectivity index (χ1v) is 4.89. The van der Waals surface area contributed by atoms with Gasteiger partial charge in [-0.15, -0.1) is 0 Å². The second kappa shape index (κ2) is 5.00. The average Bonchev–Trinajstić information content (AvgIpc) is 2.48. The summed E-state index contributed by atoms with van der Waals surface area (Å²) in [5.74, 6) is -0.470. The Labute approximate surface area is 87.2 Å². The Bertz CT molecular complexity index is 322. The van der Waals surface area contributed by atoms with Crippen molar-refractivity contribution in [3.05, 3.63) is 16.5 Å². The number of ether oxygens (including phenoxy) is 1. The molecule has 78 valence electrons. The van der Waals surface area contributed by atoms with E-state index in [1.807, 2.05) is 6.92 Å². The van der Waals surface area contributed by atoms with Crippen LogP contribution in [0.25, 0.3) is 0 Å². The van der Waals surface area contributed by atoms with E-state index in [1.54, 1.807) is 6.92 Å². The molecule has 0 spiro atoms. The fourth-order valence-electron chi connectivity index (χ4n) is 1.11. The van der Waals surface area contributed by atoms with E-state index in [9.17, 15) is 4.79 Å². The number of aryl methyl sites for hydroxylation is 1. The van der Waals surface area contributed by atoms with Gasteiger partial charge in [-0.2, -0.15) is 0 Å². The van der Waals surface area contributed by atoms with Crippen LogP contribution in [0.4, 0.5) is 0 Å². The van der Waals surface area contributed by atoms with Crippen molar-refractivity contribution in [2.45, 2.75) is 26.7 Å². The second-order valence-corrected chi connectivity index (χ2v) is 3.09. The summed E-state index contributed by atoms with van der Waals surface area (Å²) in [5, 5.41) is 3.71. The molecular weight excluding hydrogens is 206 g/mol. The van der Waals surface area contributed by atoms with Gasteiger partial charge in [0.15, 0.2) is 0 Å². The lowest BCUT2D eigenvalue weighted by molar-refractivity contribution is 0.0524. The SMILES string of the molecule is CCCc1noc(Cl)c1C(=O)OCC.